The van der Waals surface area contributed by atoms with E-state index in [-0.39, 0.29) is 35.3 Å². The zero-order valence-corrected chi connectivity index (χ0v) is 14.0. The van der Waals surface area contributed by atoms with Crippen molar-refractivity contribution in [2.75, 3.05) is 0 Å². The van der Waals surface area contributed by atoms with Crippen LogP contribution in [-0.2, 0) is 10.1 Å². The molecule has 106 valence electrons. The summed E-state index contributed by atoms with van der Waals surface area (Å²) in [6, 6.07) is 3.73. The molecule has 0 aliphatic heterocycles. The van der Waals surface area contributed by atoms with Crippen molar-refractivity contribution in [1.82, 2.24) is 5.43 Å². The van der Waals surface area contributed by atoms with Crippen molar-refractivity contribution in [2.24, 2.45) is 5.10 Å². The van der Waals surface area contributed by atoms with Gasteiger partial charge in [0.25, 0.3) is 5.91 Å². The molecule has 2 heterocycles. The first-order chi connectivity index (χ1) is 9.38. The minimum Gasteiger partial charge on any atom is -0.742 e. The van der Waals surface area contributed by atoms with Crippen LogP contribution in [0.5, 0.6) is 0 Å². The van der Waals surface area contributed by atoms with Crippen molar-refractivity contribution in [3.8, 4) is 0 Å². The van der Waals surface area contributed by atoms with Crippen LogP contribution in [0.1, 0.15) is 21.9 Å². The molecule has 0 radical (unpaired) electrons. The quantitative estimate of drug-likeness (QED) is 0.296. The molecule has 1 N–H and O–H groups in total. The molecule has 8 nitrogen and oxygen atoms in total. The van der Waals surface area contributed by atoms with Gasteiger partial charge in [-0.15, -0.1) is 0 Å². The van der Waals surface area contributed by atoms with E-state index in [1.54, 1.807) is 6.92 Å². The van der Waals surface area contributed by atoms with Crippen LogP contribution in [0.2, 0.25) is 0 Å². The molecule has 1 amide bonds. The van der Waals surface area contributed by atoms with Crippen molar-refractivity contribution in [3.05, 3.63) is 41.5 Å². The van der Waals surface area contributed by atoms with Gasteiger partial charge in [0.1, 0.15) is 11.5 Å². The maximum absolute atomic E-state index is 11.6. The standard InChI is InChI=1S/C11H10N2O6S.Na/c1-7-9(4-5-18-7)11(14)13-12-6-8-2-3-10(19-8)20(15,16)17;/h2-6H,1H3,(H,13,14)(H,15,16,17);/q;+1/p-1/b12-6+;. The van der Waals surface area contributed by atoms with Crippen molar-refractivity contribution >= 4 is 22.2 Å². The van der Waals surface area contributed by atoms with Gasteiger partial charge in [-0.05, 0) is 25.1 Å². The summed E-state index contributed by atoms with van der Waals surface area (Å²) >= 11 is 0. The molecule has 21 heavy (non-hydrogen) atoms. The maximum atomic E-state index is 11.6. The molecule has 0 atom stereocenters. The van der Waals surface area contributed by atoms with Gasteiger partial charge in [-0.25, -0.2) is 13.8 Å². The second-order valence-electron chi connectivity index (χ2n) is 3.70. The Morgan fingerprint density at radius 3 is 2.62 bits per heavy atom. The van der Waals surface area contributed by atoms with Crippen molar-refractivity contribution in [2.45, 2.75) is 12.0 Å². The average Bonchev–Trinajstić information content (AvgIpc) is 2.97. The van der Waals surface area contributed by atoms with Gasteiger partial charge >= 0.3 is 29.6 Å². The van der Waals surface area contributed by atoms with Gasteiger partial charge in [0.2, 0.25) is 5.09 Å². The molecule has 2 aromatic rings. The van der Waals surface area contributed by atoms with Gasteiger partial charge in [0, 0.05) is 0 Å². The third-order valence-electron chi connectivity index (χ3n) is 2.31. The van der Waals surface area contributed by atoms with E-state index in [2.05, 4.69) is 10.5 Å². The Hall–Kier alpha value is -1.39. The Balaban J connectivity index is 0.00000220. The molecule has 0 saturated heterocycles. The van der Waals surface area contributed by atoms with Gasteiger partial charge in [-0.1, -0.05) is 0 Å². The predicted molar refractivity (Wildman–Crippen MR) is 65.2 cm³/mol. The number of carbonyl (C=O) groups excluding carboxylic acids is 1. The molecule has 0 aromatic carbocycles. The molecule has 0 saturated carbocycles. The van der Waals surface area contributed by atoms with Crippen LogP contribution in [-0.4, -0.2) is 25.1 Å². The Kier molecular flexibility index (Phi) is 5.93. The summed E-state index contributed by atoms with van der Waals surface area (Å²) in [6.45, 7) is 1.62. The molecule has 10 heteroatoms. The summed E-state index contributed by atoms with van der Waals surface area (Å²) in [7, 11) is -4.64. The molecule has 0 aliphatic rings. The number of hydrogen-bond acceptors (Lipinski definition) is 7. The van der Waals surface area contributed by atoms with E-state index in [0.29, 0.717) is 11.3 Å². The topological polar surface area (TPSA) is 125 Å². The van der Waals surface area contributed by atoms with E-state index in [0.717, 1.165) is 12.3 Å². The smallest absolute Gasteiger partial charge is 0.742 e. The number of amides is 1. The first-order valence-electron chi connectivity index (χ1n) is 5.31. The van der Waals surface area contributed by atoms with Crippen molar-refractivity contribution in [3.63, 3.8) is 0 Å². The summed E-state index contributed by atoms with van der Waals surface area (Å²) in [5.41, 5.74) is 2.53. The SMILES string of the molecule is Cc1occc1C(=O)N/N=C/c1ccc(S(=O)(=O)[O-])o1.[Na+]. The molecule has 2 aromatic heterocycles. The number of nitrogens with zero attached hydrogens (tertiary/aromatic N) is 1. The van der Waals surface area contributed by atoms with Gasteiger partial charge in [0.15, 0.2) is 10.1 Å². The van der Waals surface area contributed by atoms with Crippen LogP contribution in [0, 0.1) is 6.92 Å². The molecule has 2 rings (SSSR count). The zero-order chi connectivity index (χ0) is 14.8. The number of rotatable bonds is 4. The summed E-state index contributed by atoms with van der Waals surface area (Å²) in [5.74, 6) is -0.0326. The van der Waals surface area contributed by atoms with Gasteiger partial charge in [-0.3, -0.25) is 4.79 Å². The Labute approximate surface area is 142 Å². The normalized spacial score (nSPS) is 11.3. The zero-order valence-electron chi connectivity index (χ0n) is 11.2. The minimum atomic E-state index is -4.64. The first kappa shape index (κ1) is 17.7. The summed E-state index contributed by atoms with van der Waals surface area (Å²) in [6.07, 6.45) is 2.44. The summed E-state index contributed by atoms with van der Waals surface area (Å²) in [4.78, 5) is 11.6. The molecule has 0 fully saturated rings. The van der Waals surface area contributed by atoms with Gasteiger partial charge in [-0.2, -0.15) is 5.10 Å². The van der Waals surface area contributed by atoms with E-state index < -0.39 is 21.1 Å². The maximum Gasteiger partial charge on any atom is 1.00 e. The van der Waals surface area contributed by atoms with Crippen LogP contribution < -0.4 is 35.0 Å². The monoisotopic (exact) mass is 320 g/mol. The van der Waals surface area contributed by atoms with Crippen molar-refractivity contribution < 1.29 is 56.2 Å². The van der Waals surface area contributed by atoms with E-state index in [1.807, 2.05) is 0 Å². The van der Waals surface area contributed by atoms with Crippen molar-refractivity contribution in [1.29, 1.82) is 0 Å². The van der Waals surface area contributed by atoms with E-state index in [4.69, 9.17) is 8.83 Å². The van der Waals surface area contributed by atoms with E-state index >= 15 is 0 Å². The van der Waals surface area contributed by atoms with E-state index in [1.165, 1.54) is 18.4 Å². The Morgan fingerprint density at radius 1 is 1.38 bits per heavy atom. The molecular weight excluding hydrogens is 311 g/mol. The third-order valence-corrected chi connectivity index (χ3v) is 3.02. The number of hydrazone groups is 1. The summed E-state index contributed by atoms with van der Waals surface area (Å²) in [5, 5.41) is 2.87. The van der Waals surface area contributed by atoms with E-state index in [9.17, 15) is 17.8 Å². The van der Waals surface area contributed by atoms with Crippen LogP contribution in [0.15, 0.2) is 43.5 Å². The number of carbonyl (C=O) groups is 1. The fraction of sp³-hybridized carbons (Fsp3) is 0.0909. The molecule has 0 unspecified atom stereocenters. The predicted octanol–water partition coefficient (Wildman–Crippen LogP) is -2.15. The third kappa shape index (κ3) is 4.55. The Morgan fingerprint density at radius 2 is 2.10 bits per heavy atom. The number of nitrogens with one attached hydrogen (secondary N) is 1. The second kappa shape index (κ2) is 7.05. The number of aryl methyl sites for hydroxylation is 1. The van der Waals surface area contributed by atoms with Crippen LogP contribution in [0.4, 0.5) is 0 Å². The molecule has 0 aliphatic carbocycles. The fourth-order valence-electron chi connectivity index (χ4n) is 1.37. The largest absolute Gasteiger partial charge is 1.00 e. The summed E-state index contributed by atoms with van der Waals surface area (Å²) < 4.78 is 41.6. The Bertz CT molecular complexity index is 761. The van der Waals surface area contributed by atoms with Gasteiger partial charge in [0.05, 0.1) is 18.0 Å². The second-order valence-corrected chi connectivity index (χ2v) is 5.01. The molecule has 0 bridgehead atoms. The molecular formula is C11H9N2NaO6S. The number of furan rings is 2. The molecule has 0 spiro atoms. The first-order valence-corrected chi connectivity index (χ1v) is 6.72. The van der Waals surface area contributed by atoms with Crippen LogP contribution in [0.3, 0.4) is 0 Å². The van der Waals surface area contributed by atoms with Crippen LogP contribution in [0.25, 0.3) is 0 Å². The van der Waals surface area contributed by atoms with Crippen LogP contribution >= 0.6 is 0 Å². The number of hydrogen-bond donors (Lipinski definition) is 1. The fourth-order valence-corrected chi connectivity index (χ4v) is 1.81. The van der Waals surface area contributed by atoms with Gasteiger partial charge < -0.3 is 13.4 Å². The minimum absolute atomic E-state index is 0. The average molecular weight is 320 g/mol.